The lowest BCUT2D eigenvalue weighted by Gasteiger charge is -2.41. The minimum absolute atomic E-state index is 0.139. The van der Waals surface area contributed by atoms with Crippen molar-refractivity contribution in [3.05, 3.63) is 48.3 Å². The van der Waals surface area contributed by atoms with Crippen LogP contribution in [0.25, 0.3) is 10.9 Å². The third-order valence-electron chi connectivity index (χ3n) is 8.69. The summed E-state index contributed by atoms with van der Waals surface area (Å²) < 4.78 is 6.29. The molecule has 214 valence electrons. The van der Waals surface area contributed by atoms with Crippen molar-refractivity contribution in [2.75, 3.05) is 56.2 Å². The summed E-state index contributed by atoms with van der Waals surface area (Å²) in [6.07, 6.45) is 7.52. The van der Waals surface area contributed by atoms with Crippen LogP contribution in [0.5, 0.6) is 6.01 Å². The second-order valence-electron chi connectivity index (χ2n) is 11.2. The molecular weight excluding hydrogens is 518 g/mol. The number of carbonyl (C=O) groups excluding carboxylic acids is 1. The number of aromatic amines is 1. The molecule has 0 radical (unpaired) electrons. The molecule has 2 saturated heterocycles. The number of anilines is 2. The molecule has 2 aromatic heterocycles. The van der Waals surface area contributed by atoms with Crippen LogP contribution in [0.3, 0.4) is 0 Å². The Morgan fingerprint density at radius 1 is 1.20 bits per heavy atom. The molecule has 0 aliphatic carbocycles. The first-order valence-corrected chi connectivity index (χ1v) is 14.5. The van der Waals surface area contributed by atoms with E-state index in [0.717, 1.165) is 66.0 Å². The summed E-state index contributed by atoms with van der Waals surface area (Å²) >= 11 is 0. The minimum Gasteiger partial charge on any atom is -0.462 e. The van der Waals surface area contributed by atoms with Crippen LogP contribution in [-0.2, 0) is 17.8 Å². The van der Waals surface area contributed by atoms with Gasteiger partial charge in [0.2, 0.25) is 5.91 Å². The highest BCUT2D eigenvalue weighted by Gasteiger charge is 2.33. The summed E-state index contributed by atoms with van der Waals surface area (Å²) in [5.74, 6) is 0.724. The number of ether oxygens (including phenoxy) is 1. The normalized spacial score (nSPS) is 21.4. The molecule has 11 heteroatoms. The van der Waals surface area contributed by atoms with Crippen molar-refractivity contribution in [2.24, 2.45) is 0 Å². The second-order valence-corrected chi connectivity index (χ2v) is 11.2. The number of fused-ring (bicyclic) bond motifs is 2. The van der Waals surface area contributed by atoms with E-state index in [4.69, 9.17) is 14.7 Å². The SMILES string of the molecule is C=CC(=O)N1CCN(c2nc(OC[C@@H]3CCCN3C)nc3c2CCCN(c2cccc4[nH]ncc24)C3)C[C@@H]1CC#N. The van der Waals surface area contributed by atoms with E-state index in [2.05, 4.69) is 56.7 Å². The van der Waals surface area contributed by atoms with Gasteiger partial charge in [-0.2, -0.15) is 20.3 Å². The molecule has 3 aromatic rings. The van der Waals surface area contributed by atoms with E-state index >= 15 is 0 Å². The monoisotopic (exact) mass is 555 g/mol. The number of H-pyrrole nitrogens is 1. The molecule has 0 unspecified atom stereocenters. The van der Waals surface area contributed by atoms with Crippen molar-refractivity contribution in [3.8, 4) is 12.1 Å². The number of aromatic nitrogens is 4. The van der Waals surface area contributed by atoms with Crippen molar-refractivity contribution < 1.29 is 9.53 Å². The molecule has 11 nitrogen and oxygen atoms in total. The van der Waals surface area contributed by atoms with Crippen molar-refractivity contribution in [3.63, 3.8) is 0 Å². The average molecular weight is 556 g/mol. The fourth-order valence-electron chi connectivity index (χ4n) is 6.44. The fraction of sp³-hybridized carbons (Fsp3) is 0.500. The van der Waals surface area contributed by atoms with E-state index in [9.17, 15) is 10.1 Å². The predicted octanol–water partition coefficient (Wildman–Crippen LogP) is 2.90. The van der Waals surface area contributed by atoms with Crippen LogP contribution >= 0.6 is 0 Å². The van der Waals surface area contributed by atoms with E-state index in [0.29, 0.717) is 44.8 Å². The standard InChI is InChI=1S/C30H37N9O2/c1-3-28(40)39-16-15-38(18-21(39)11-12-31)29-23-8-6-14-37(27-10-4-9-25-24(27)17-32-35-25)19-26(23)33-30(34-29)41-20-22-7-5-13-36(22)2/h3-4,9-10,17,21-22H,1,5-8,11,13-16,18-20H2,2H3,(H,32,35)/t21-,22-/m0/s1. The summed E-state index contributed by atoms with van der Waals surface area (Å²) in [7, 11) is 2.14. The Bertz CT molecular complexity index is 1460. The summed E-state index contributed by atoms with van der Waals surface area (Å²) in [6.45, 7) is 8.44. The molecule has 6 rings (SSSR count). The van der Waals surface area contributed by atoms with Crippen molar-refractivity contribution in [2.45, 2.75) is 50.7 Å². The molecule has 1 amide bonds. The van der Waals surface area contributed by atoms with E-state index in [1.807, 2.05) is 12.3 Å². The lowest BCUT2D eigenvalue weighted by atomic mass is 10.1. The largest absolute Gasteiger partial charge is 0.462 e. The van der Waals surface area contributed by atoms with Gasteiger partial charge in [-0.25, -0.2) is 0 Å². The summed E-state index contributed by atoms with van der Waals surface area (Å²) in [6, 6.07) is 9.01. The van der Waals surface area contributed by atoms with Crippen LogP contribution in [0, 0.1) is 11.3 Å². The quantitative estimate of drug-likeness (QED) is 0.439. The molecule has 3 aliphatic heterocycles. The van der Waals surface area contributed by atoms with Crippen LogP contribution < -0.4 is 14.5 Å². The van der Waals surface area contributed by atoms with Gasteiger partial charge in [0.15, 0.2) is 0 Å². The van der Waals surface area contributed by atoms with Crippen LogP contribution in [-0.4, -0.2) is 94.3 Å². The van der Waals surface area contributed by atoms with E-state index in [-0.39, 0.29) is 18.4 Å². The van der Waals surface area contributed by atoms with Gasteiger partial charge in [-0.05, 0) is 57.5 Å². The zero-order valence-electron chi connectivity index (χ0n) is 23.6. The first kappa shape index (κ1) is 27.0. The second kappa shape index (κ2) is 11.7. The third kappa shape index (κ3) is 5.44. The number of nitrogens with zero attached hydrogens (tertiary/aromatic N) is 8. The molecule has 0 spiro atoms. The smallest absolute Gasteiger partial charge is 0.318 e. The molecule has 2 atom stereocenters. The number of hydrogen-bond acceptors (Lipinski definition) is 9. The van der Waals surface area contributed by atoms with E-state index < -0.39 is 0 Å². The molecule has 0 bridgehead atoms. The molecule has 3 aliphatic rings. The zero-order chi connectivity index (χ0) is 28.3. The summed E-state index contributed by atoms with van der Waals surface area (Å²) in [5, 5.41) is 18.0. The Balaban J connectivity index is 1.34. The maximum Gasteiger partial charge on any atom is 0.318 e. The Hall–Kier alpha value is -4.17. The lowest BCUT2D eigenvalue weighted by Crippen LogP contribution is -2.55. The van der Waals surface area contributed by atoms with Gasteiger partial charge in [0, 0.05) is 48.9 Å². The van der Waals surface area contributed by atoms with E-state index in [1.54, 1.807) is 4.90 Å². The van der Waals surface area contributed by atoms with Gasteiger partial charge in [0.05, 0.1) is 42.5 Å². The van der Waals surface area contributed by atoms with Crippen LogP contribution in [0.1, 0.15) is 36.9 Å². The molecule has 1 aromatic carbocycles. The molecule has 0 saturated carbocycles. The number of hydrogen-bond donors (Lipinski definition) is 1. The van der Waals surface area contributed by atoms with Crippen molar-refractivity contribution >= 4 is 28.3 Å². The Morgan fingerprint density at radius 3 is 2.90 bits per heavy atom. The number of piperazine rings is 1. The Morgan fingerprint density at radius 2 is 2.10 bits per heavy atom. The van der Waals surface area contributed by atoms with Gasteiger partial charge < -0.3 is 24.3 Å². The first-order chi connectivity index (χ1) is 20.1. The number of likely N-dealkylation sites (tertiary alicyclic amines) is 1. The van der Waals surface area contributed by atoms with Crippen LogP contribution in [0.2, 0.25) is 0 Å². The topological polar surface area (TPSA) is 118 Å². The van der Waals surface area contributed by atoms with Crippen LogP contribution in [0.4, 0.5) is 11.5 Å². The third-order valence-corrected chi connectivity index (χ3v) is 8.69. The number of rotatable bonds is 7. The molecule has 41 heavy (non-hydrogen) atoms. The highest BCUT2D eigenvalue weighted by atomic mass is 16.5. The molecular formula is C30H37N9O2. The van der Waals surface area contributed by atoms with E-state index in [1.165, 1.54) is 12.5 Å². The first-order valence-electron chi connectivity index (χ1n) is 14.5. The highest BCUT2D eigenvalue weighted by Crippen LogP contribution is 2.34. The number of likely N-dealkylation sites (N-methyl/N-ethyl adjacent to an activating group) is 1. The van der Waals surface area contributed by atoms with Crippen molar-refractivity contribution in [1.82, 2.24) is 30.0 Å². The minimum atomic E-state index is -0.234. The number of nitriles is 1. The molecule has 2 fully saturated rings. The number of carbonyl (C=O) groups is 1. The molecule has 5 heterocycles. The van der Waals surface area contributed by atoms with Gasteiger partial charge in [0.1, 0.15) is 12.4 Å². The van der Waals surface area contributed by atoms with Gasteiger partial charge in [-0.15, -0.1) is 0 Å². The average Bonchev–Trinajstić information content (AvgIpc) is 3.58. The summed E-state index contributed by atoms with van der Waals surface area (Å²) in [5.41, 5.74) is 4.22. The molecule has 1 N–H and O–H groups in total. The van der Waals surface area contributed by atoms with Crippen LogP contribution in [0.15, 0.2) is 37.1 Å². The van der Waals surface area contributed by atoms with Gasteiger partial charge in [-0.1, -0.05) is 12.6 Å². The zero-order valence-corrected chi connectivity index (χ0v) is 23.6. The number of benzene rings is 1. The number of amides is 1. The van der Waals surface area contributed by atoms with Gasteiger partial charge in [0.25, 0.3) is 0 Å². The number of nitrogens with one attached hydrogen (secondary N) is 1. The highest BCUT2D eigenvalue weighted by molar-refractivity contribution is 5.91. The van der Waals surface area contributed by atoms with Gasteiger partial charge in [-0.3, -0.25) is 9.89 Å². The van der Waals surface area contributed by atoms with Crippen molar-refractivity contribution in [1.29, 1.82) is 5.26 Å². The lowest BCUT2D eigenvalue weighted by molar-refractivity contribution is -0.128. The maximum atomic E-state index is 12.5. The van der Waals surface area contributed by atoms with Gasteiger partial charge >= 0.3 is 6.01 Å². The summed E-state index contributed by atoms with van der Waals surface area (Å²) in [4.78, 5) is 31.2. The maximum absolute atomic E-state index is 12.5. The predicted molar refractivity (Wildman–Crippen MR) is 157 cm³/mol. The fourth-order valence-corrected chi connectivity index (χ4v) is 6.44. The Kier molecular flexibility index (Phi) is 7.74. The Labute approximate surface area is 240 Å².